The molecule has 0 aliphatic carbocycles. The lowest BCUT2D eigenvalue weighted by Crippen LogP contribution is -2.21. The summed E-state index contributed by atoms with van der Waals surface area (Å²) in [4.78, 5) is 0. The molecule has 0 aromatic heterocycles. The second kappa shape index (κ2) is 16.8. The van der Waals surface area contributed by atoms with Crippen LogP contribution in [-0.2, 0) is 18.9 Å². The maximum atomic E-state index is 8.55. The van der Waals surface area contributed by atoms with Gasteiger partial charge in [-0.1, -0.05) is 0 Å². The molecular weight excluding hydrogens is 240 g/mol. The fraction of sp³-hybridized carbons (Fsp3) is 1.00. The van der Waals surface area contributed by atoms with E-state index in [0.29, 0.717) is 26.4 Å². The fourth-order valence-corrected chi connectivity index (χ4v) is 0.729. The second-order valence-corrected chi connectivity index (χ2v) is 3.70. The number of methoxy groups -OCH3 is 2. The minimum Gasteiger partial charge on any atom is -0.394 e. The van der Waals surface area contributed by atoms with Crippen LogP contribution >= 0.6 is 0 Å². The Bertz CT molecular complexity index is 129. The van der Waals surface area contributed by atoms with Gasteiger partial charge in [0.2, 0.25) is 0 Å². The van der Waals surface area contributed by atoms with Gasteiger partial charge in [-0.3, -0.25) is 0 Å². The van der Waals surface area contributed by atoms with Crippen LogP contribution in [0.1, 0.15) is 13.8 Å². The second-order valence-electron chi connectivity index (χ2n) is 3.70. The molecule has 0 radical (unpaired) electrons. The summed E-state index contributed by atoms with van der Waals surface area (Å²) in [5, 5.41) is 16.8. The third-order valence-corrected chi connectivity index (χ3v) is 1.94. The largest absolute Gasteiger partial charge is 0.394 e. The molecular formula is C12H28O6. The molecule has 2 atom stereocenters. The van der Waals surface area contributed by atoms with Crippen LogP contribution in [0.3, 0.4) is 0 Å². The Hall–Kier alpha value is -0.240. The first-order valence-corrected chi connectivity index (χ1v) is 6.05. The average molecular weight is 268 g/mol. The summed E-state index contributed by atoms with van der Waals surface area (Å²) in [6, 6.07) is 0. The Morgan fingerprint density at radius 2 is 1.61 bits per heavy atom. The van der Waals surface area contributed by atoms with E-state index >= 15 is 0 Å². The molecule has 0 amide bonds. The lowest BCUT2D eigenvalue weighted by molar-refractivity contribution is -0.0313. The van der Waals surface area contributed by atoms with Crippen molar-refractivity contribution >= 4 is 0 Å². The first kappa shape index (κ1) is 20.1. The van der Waals surface area contributed by atoms with Crippen molar-refractivity contribution in [2.45, 2.75) is 26.1 Å². The Morgan fingerprint density at radius 1 is 0.944 bits per heavy atom. The van der Waals surface area contributed by atoms with Crippen LogP contribution < -0.4 is 0 Å². The van der Waals surface area contributed by atoms with Crippen molar-refractivity contribution in [3.8, 4) is 0 Å². The van der Waals surface area contributed by atoms with E-state index < -0.39 is 0 Å². The smallest absolute Gasteiger partial charge is 0.0779 e. The van der Waals surface area contributed by atoms with Crippen molar-refractivity contribution in [3.05, 3.63) is 0 Å². The van der Waals surface area contributed by atoms with Gasteiger partial charge in [-0.05, 0) is 13.8 Å². The third-order valence-electron chi connectivity index (χ3n) is 1.94. The number of rotatable bonds is 10. The molecule has 6 heteroatoms. The van der Waals surface area contributed by atoms with Gasteiger partial charge in [0, 0.05) is 14.2 Å². The summed E-state index contributed by atoms with van der Waals surface area (Å²) in [5.74, 6) is 0. The summed E-state index contributed by atoms with van der Waals surface area (Å²) in [6.45, 7) is 6.01. The van der Waals surface area contributed by atoms with E-state index in [1.807, 2.05) is 13.8 Å². The predicted molar refractivity (Wildman–Crippen MR) is 68.8 cm³/mol. The standard InChI is InChI=1S/C7H16O3.C5H12O3/c1-6(4-8)10-5-7(2)9-3;1-7-4-5-8-3-2-6/h6-8H,4-5H2,1-3H3;6H,2-5H2,1H3. The Labute approximate surface area is 110 Å². The molecule has 0 saturated heterocycles. The summed E-state index contributed by atoms with van der Waals surface area (Å²) in [6.07, 6.45) is 0.0200. The Kier molecular flexibility index (Phi) is 18.7. The zero-order valence-corrected chi connectivity index (χ0v) is 11.9. The van der Waals surface area contributed by atoms with Gasteiger partial charge in [-0.2, -0.15) is 0 Å². The molecule has 2 unspecified atom stereocenters. The van der Waals surface area contributed by atoms with E-state index in [2.05, 4.69) is 4.74 Å². The lowest BCUT2D eigenvalue weighted by Gasteiger charge is -2.13. The highest BCUT2D eigenvalue weighted by Crippen LogP contribution is 1.93. The summed E-state index contributed by atoms with van der Waals surface area (Å²) in [7, 11) is 3.25. The monoisotopic (exact) mass is 268 g/mol. The molecule has 0 rings (SSSR count). The van der Waals surface area contributed by atoms with Crippen LogP contribution in [0, 0.1) is 0 Å². The van der Waals surface area contributed by atoms with Gasteiger partial charge in [0.25, 0.3) is 0 Å². The van der Waals surface area contributed by atoms with E-state index in [4.69, 9.17) is 24.4 Å². The zero-order chi connectivity index (χ0) is 14.2. The topological polar surface area (TPSA) is 77.4 Å². The van der Waals surface area contributed by atoms with E-state index in [1.54, 1.807) is 14.2 Å². The van der Waals surface area contributed by atoms with Gasteiger partial charge < -0.3 is 29.2 Å². The molecule has 6 nitrogen and oxygen atoms in total. The molecule has 0 aromatic rings. The lowest BCUT2D eigenvalue weighted by atomic mass is 10.4. The van der Waals surface area contributed by atoms with Crippen molar-refractivity contribution in [1.29, 1.82) is 0 Å². The molecule has 0 bridgehead atoms. The quantitative estimate of drug-likeness (QED) is 0.546. The fourth-order valence-electron chi connectivity index (χ4n) is 0.729. The van der Waals surface area contributed by atoms with Crippen LogP contribution in [0.15, 0.2) is 0 Å². The van der Waals surface area contributed by atoms with Gasteiger partial charge in [0.1, 0.15) is 0 Å². The average Bonchev–Trinajstić information content (AvgIpc) is 2.41. The highest BCUT2D eigenvalue weighted by atomic mass is 16.5. The maximum Gasteiger partial charge on any atom is 0.0779 e. The van der Waals surface area contributed by atoms with Crippen molar-refractivity contribution < 1.29 is 29.2 Å². The van der Waals surface area contributed by atoms with Crippen LogP contribution in [0.5, 0.6) is 0 Å². The van der Waals surface area contributed by atoms with Crippen molar-refractivity contribution in [2.24, 2.45) is 0 Å². The third kappa shape index (κ3) is 18.1. The van der Waals surface area contributed by atoms with Crippen LogP contribution in [0.4, 0.5) is 0 Å². The number of aliphatic hydroxyl groups is 2. The highest BCUT2D eigenvalue weighted by Gasteiger charge is 2.03. The maximum absolute atomic E-state index is 8.55. The summed E-state index contributed by atoms with van der Waals surface area (Å²) < 4.78 is 19.6. The number of hydrogen-bond acceptors (Lipinski definition) is 6. The highest BCUT2D eigenvalue weighted by molar-refractivity contribution is 4.49. The van der Waals surface area contributed by atoms with E-state index in [1.165, 1.54) is 0 Å². The van der Waals surface area contributed by atoms with Gasteiger partial charge in [-0.15, -0.1) is 0 Å². The molecule has 0 fully saturated rings. The molecule has 0 aromatic carbocycles. The SMILES string of the molecule is COC(C)COC(C)CO.COCCOCCO. The minimum atomic E-state index is -0.0856. The Balaban J connectivity index is 0. The van der Waals surface area contributed by atoms with Gasteiger partial charge >= 0.3 is 0 Å². The van der Waals surface area contributed by atoms with Gasteiger partial charge in [-0.25, -0.2) is 0 Å². The van der Waals surface area contributed by atoms with E-state index in [0.717, 1.165) is 0 Å². The van der Waals surface area contributed by atoms with Crippen molar-refractivity contribution in [2.75, 3.05) is 53.9 Å². The van der Waals surface area contributed by atoms with Crippen LogP contribution in [0.25, 0.3) is 0 Å². The summed E-state index contributed by atoms with van der Waals surface area (Å²) >= 11 is 0. The van der Waals surface area contributed by atoms with Crippen molar-refractivity contribution in [3.63, 3.8) is 0 Å². The minimum absolute atomic E-state index is 0.0659. The molecule has 0 aliphatic rings. The number of hydrogen-bond donors (Lipinski definition) is 2. The molecule has 2 N–H and O–H groups in total. The van der Waals surface area contributed by atoms with Gasteiger partial charge in [0.05, 0.1) is 51.8 Å². The van der Waals surface area contributed by atoms with Crippen LogP contribution in [0.2, 0.25) is 0 Å². The predicted octanol–water partition coefficient (Wildman–Crippen LogP) is 0.0604. The first-order valence-electron chi connectivity index (χ1n) is 6.05. The van der Waals surface area contributed by atoms with E-state index in [-0.39, 0.29) is 25.4 Å². The molecule has 0 heterocycles. The zero-order valence-electron chi connectivity index (χ0n) is 11.9. The molecule has 0 spiro atoms. The molecule has 18 heavy (non-hydrogen) atoms. The molecule has 0 aliphatic heterocycles. The molecule has 0 saturated carbocycles. The first-order chi connectivity index (χ1) is 8.62. The molecule has 112 valence electrons. The van der Waals surface area contributed by atoms with E-state index in [9.17, 15) is 0 Å². The number of ether oxygens (including phenoxy) is 4. The van der Waals surface area contributed by atoms with Crippen molar-refractivity contribution in [1.82, 2.24) is 0 Å². The van der Waals surface area contributed by atoms with Crippen LogP contribution in [-0.4, -0.2) is 76.3 Å². The summed E-state index contributed by atoms with van der Waals surface area (Å²) in [5.41, 5.74) is 0. The normalized spacial score (nSPS) is 13.7. The van der Waals surface area contributed by atoms with Gasteiger partial charge in [0.15, 0.2) is 0 Å². The Morgan fingerprint density at radius 3 is 2.06 bits per heavy atom. The number of aliphatic hydroxyl groups excluding tert-OH is 2.